The fourth-order valence-corrected chi connectivity index (χ4v) is 2.27. The van der Waals surface area contributed by atoms with Gasteiger partial charge in [0.2, 0.25) is 5.91 Å². The molecule has 19 heavy (non-hydrogen) atoms. The van der Waals surface area contributed by atoms with E-state index < -0.39 is 12.0 Å². The summed E-state index contributed by atoms with van der Waals surface area (Å²) >= 11 is 1.28. The number of hydrogen-bond donors (Lipinski definition) is 2. The van der Waals surface area contributed by atoms with Gasteiger partial charge in [0.05, 0.1) is 12.1 Å². The standard InChI is InChI=1S/C12H17N3O3S/c1-3-18-12(17)9-11(19-6-13-9)14-7(2)10(16)15-8-4-5-8/h6-8,14H,3-5H2,1-2H3,(H,15,16). The third-order valence-corrected chi connectivity index (χ3v) is 3.46. The molecule has 2 rings (SSSR count). The molecule has 0 spiro atoms. The second-order valence-electron chi connectivity index (χ2n) is 4.40. The molecule has 1 aliphatic carbocycles. The molecule has 1 unspecified atom stereocenters. The summed E-state index contributed by atoms with van der Waals surface area (Å²) < 4.78 is 4.91. The van der Waals surface area contributed by atoms with Crippen molar-refractivity contribution in [2.75, 3.05) is 11.9 Å². The summed E-state index contributed by atoms with van der Waals surface area (Å²) in [6, 6.07) is -0.0861. The number of hydrogen-bond acceptors (Lipinski definition) is 6. The summed E-state index contributed by atoms with van der Waals surface area (Å²) in [5.74, 6) is -0.535. The van der Waals surface area contributed by atoms with Crippen molar-refractivity contribution in [1.29, 1.82) is 0 Å². The third-order valence-electron chi connectivity index (χ3n) is 2.70. The predicted molar refractivity (Wildman–Crippen MR) is 72.3 cm³/mol. The second-order valence-corrected chi connectivity index (χ2v) is 5.25. The average molecular weight is 283 g/mol. The normalized spacial score (nSPS) is 15.7. The quantitative estimate of drug-likeness (QED) is 0.771. The van der Waals surface area contributed by atoms with E-state index in [0.717, 1.165) is 12.8 Å². The summed E-state index contributed by atoms with van der Waals surface area (Å²) in [7, 11) is 0. The molecule has 1 aromatic heterocycles. The van der Waals surface area contributed by atoms with Crippen LogP contribution >= 0.6 is 11.3 Å². The molecular weight excluding hydrogens is 266 g/mol. The van der Waals surface area contributed by atoms with Gasteiger partial charge in [-0.2, -0.15) is 0 Å². The average Bonchev–Trinajstić information content (AvgIpc) is 3.06. The Kier molecular flexibility index (Phi) is 4.36. The topological polar surface area (TPSA) is 80.3 Å². The van der Waals surface area contributed by atoms with E-state index in [9.17, 15) is 9.59 Å². The smallest absolute Gasteiger partial charge is 0.360 e. The van der Waals surface area contributed by atoms with E-state index in [2.05, 4.69) is 15.6 Å². The van der Waals surface area contributed by atoms with Crippen LogP contribution in [0.25, 0.3) is 0 Å². The molecular formula is C12H17N3O3S. The van der Waals surface area contributed by atoms with Gasteiger partial charge < -0.3 is 15.4 Å². The van der Waals surface area contributed by atoms with Crippen molar-refractivity contribution in [3.63, 3.8) is 0 Å². The summed E-state index contributed by atoms with van der Waals surface area (Å²) in [5, 5.41) is 6.48. The fourth-order valence-electron chi connectivity index (χ4n) is 1.51. The van der Waals surface area contributed by atoms with E-state index >= 15 is 0 Å². The first kappa shape index (κ1) is 13.8. The van der Waals surface area contributed by atoms with Crippen molar-refractivity contribution in [3.8, 4) is 0 Å². The summed E-state index contributed by atoms with van der Waals surface area (Å²) in [4.78, 5) is 27.4. The lowest BCUT2D eigenvalue weighted by Gasteiger charge is -2.14. The van der Waals surface area contributed by atoms with Gasteiger partial charge in [-0.1, -0.05) is 0 Å². The molecule has 0 saturated heterocycles. The molecule has 1 fully saturated rings. The van der Waals surface area contributed by atoms with Crippen LogP contribution in [0.15, 0.2) is 5.51 Å². The van der Waals surface area contributed by atoms with Gasteiger partial charge in [0, 0.05) is 6.04 Å². The summed E-state index contributed by atoms with van der Waals surface area (Å²) in [5.41, 5.74) is 1.79. The van der Waals surface area contributed by atoms with E-state index in [-0.39, 0.29) is 11.6 Å². The van der Waals surface area contributed by atoms with E-state index in [0.29, 0.717) is 17.6 Å². The predicted octanol–water partition coefficient (Wildman–Crippen LogP) is 1.40. The number of nitrogens with one attached hydrogen (secondary N) is 2. The van der Waals surface area contributed by atoms with Gasteiger partial charge in [0.1, 0.15) is 11.0 Å². The highest BCUT2D eigenvalue weighted by Crippen LogP contribution is 2.23. The molecule has 1 aromatic rings. The highest BCUT2D eigenvalue weighted by Gasteiger charge is 2.26. The van der Waals surface area contributed by atoms with Crippen LogP contribution in [-0.4, -0.2) is 35.6 Å². The Morgan fingerprint density at radius 2 is 2.32 bits per heavy atom. The van der Waals surface area contributed by atoms with Gasteiger partial charge in [-0.3, -0.25) is 4.79 Å². The van der Waals surface area contributed by atoms with Gasteiger partial charge in [0.15, 0.2) is 5.69 Å². The number of ether oxygens (including phenoxy) is 1. The van der Waals surface area contributed by atoms with Crippen molar-refractivity contribution >= 4 is 28.2 Å². The Morgan fingerprint density at radius 3 is 2.95 bits per heavy atom. The molecule has 7 heteroatoms. The summed E-state index contributed by atoms with van der Waals surface area (Å²) in [6.07, 6.45) is 2.10. The van der Waals surface area contributed by atoms with Crippen LogP contribution in [0.2, 0.25) is 0 Å². The van der Waals surface area contributed by atoms with Crippen LogP contribution in [0.5, 0.6) is 0 Å². The van der Waals surface area contributed by atoms with Crippen molar-refractivity contribution in [2.45, 2.75) is 38.8 Å². The zero-order valence-corrected chi connectivity index (χ0v) is 11.8. The Labute approximate surface area is 115 Å². The van der Waals surface area contributed by atoms with Crippen LogP contribution in [0.4, 0.5) is 5.00 Å². The largest absolute Gasteiger partial charge is 0.461 e. The first-order valence-corrected chi connectivity index (χ1v) is 7.17. The minimum Gasteiger partial charge on any atom is -0.461 e. The Morgan fingerprint density at radius 1 is 1.58 bits per heavy atom. The molecule has 0 aromatic carbocycles. The number of nitrogens with zero attached hydrogens (tertiary/aromatic N) is 1. The van der Waals surface area contributed by atoms with E-state index in [1.54, 1.807) is 19.4 Å². The monoisotopic (exact) mass is 283 g/mol. The molecule has 1 amide bonds. The molecule has 1 atom stereocenters. The maximum Gasteiger partial charge on any atom is 0.360 e. The van der Waals surface area contributed by atoms with Gasteiger partial charge in [-0.15, -0.1) is 11.3 Å². The second kappa shape index (κ2) is 6.01. The third kappa shape index (κ3) is 3.66. The van der Waals surface area contributed by atoms with Crippen molar-refractivity contribution in [3.05, 3.63) is 11.2 Å². The molecule has 1 saturated carbocycles. The Bertz CT molecular complexity index is 471. The maximum atomic E-state index is 11.8. The van der Waals surface area contributed by atoms with E-state index in [1.165, 1.54) is 11.3 Å². The molecule has 104 valence electrons. The minimum absolute atomic E-state index is 0.0642. The molecule has 0 radical (unpaired) electrons. The highest BCUT2D eigenvalue weighted by molar-refractivity contribution is 7.14. The minimum atomic E-state index is -0.471. The molecule has 1 aliphatic rings. The van der Waals surface area contributed by atoms with Crippen molar-refractivity contribution < 1.29 is 14.3 Å². The number of aromatic nitrogens is 1. The Hall–Kier alpha value is -1.63. The zero-order chi connectivity index (χ0) is 13.8. The SMILES string of the molecule is CCOC(=O)c1ncsc1NC(C)C(=O)NC1CC1. The Balaban J connectivity index is 1.96. The van der Waals surface area contributed by atoms with Gasteiger partial charge in [-0.25, -0.2) is 9.78 Å². The molecule has 0 bridgehead atoms. The molecule has 0 aliphatic heterocycles. The first-order valence-electron chi connectivity index (χ1n) is 6.29. The first-order chi connectivity index (χ1) is 9.11. The van der Waals surface area contributed by atoms with Crippen LogP contribution in [0, 0.1) is 0 Å². The fraction of sp³-hybridized carbons (Fsp3) is 0.583. The summed E-state index contributed by atoms with van der Waals surface area (Å²) in [6.45, 7) is 3.79. The number of thiazole rings is 1. The molecule has 6 nitrogen and oxygen atoms in total. The van der Waals surface area contributed by atoms with Gasteiger partial charge in [0.25, 0.3) is 0 Å². The van der Waals surface area contributed by atoms with E-state index in [4.69, 9.17) is 4.74 Å². The number of rotatable bonds is 6. The van der Waals surface area contributed by atoms with Crippen LogP contribution in [0.1, 0.15) is 37.2 Å². The van der Waals surface area contributed by atoms with Crippen molar-refractivity contribution in [1.82, 2.24) is 10.3 Å². The van der Waals surface area contributed by atoms with Gasteiger partial charge in [-0.05, 0) is 26.7 Å². The van der Waals surface area contributed by atoms with Crippen LogP contribution < -0.4 is 10.6 Å². The zero-order valence-electron chi connectivity index (χ0n) is 10.9. The lowest BCUT2D eigenvalue weighted by molar-refractivity contribution is -0.121. The van der Waals surface area contributed by atoms with Gasteiger partial charge >= 0.3 is 5.97 Å². The highest BCUT2D eigenvalue weighted by atomic mass is 32.1. The number of anilines is 1. The molecule has 2 N–H and O–H groups in total. The van der Waals surface area contributed by atoms with Crippen LogP contribution in [-0.2, 0) is 9.53 Å². The lowest BCUT2D eigenvalue weighted by Crippen LogP contribution is -2.38. The number of esters is 1. The number of carbonyl (C=O) groups is 2. The number of carbonyl (C=O) groups excluding carboxylic acids is 2. The molecule has 1 heterocycles. The van der Waals surface area contributed by atoms with Crippen molar-refractivity contribution in [2.24, 2.45) is 0 Å². The maximum absolute atomic E-state index is 11.8. The van der Waals surface area contributed by atoms with Crippen LogP contribution in [0.3, 0.4) is 0 Å². The van der Waals surface area contributed by atoms with E-state index in [1.807, 2.05) is 0 Å². The lowest BCUT2D eigenvalue weighted by atomic mass is 10.3. The number of amides is 1.